The minimum atomic E-state index is -0.823. The van der Waals surface area contributed by atoms with Gasteiger partial charge >= 0.3 is 6.03 Å². The number of hydrogen-bond donors (Lipinski definition) is 1. The summed E-state index contributed by atoms with van der Waals surface area (Å²) in [5.74, 6) is 0.935. The maximum Gasteiger partial charge on any atom is 0.327 e. The number of Topliss-reactive ketones (excluding diaryl/α,β-unsaturated/α-hetero) is 1. The van der Waals surface area contributed by atoms with E-state index >= 15 is 0 Å². The molecule has 25 heavy (non-hydrogen) atoms. The van der Waals surface area contributed by atoms with Crippen LogP contribution in [-0.2, 0) is 4.79 Å². The largest absolute Gasteiger partial charge is 0.359 e. The molecule has 1 aromatic rings. The van der Waals surface area contributed by atoms with Gasteiger partial charge in [-0.15, -0.1) is 0 Å². The van der Waals surface area contributed by atoms with Crippen LogP contribution in [-0.4, -0.2) is 51.6 Å². The summed E-state index contributed by atoms with van der Waals surface area (Å²) < 4.78 is 0. The smallest absolute Gasteiger partial charge is 0.327 e. The highest BCUT2D eigenvalue weighted by atomic mass is 16.2. The van der Waals surface area contributed by atoms with Gasteiger partial charge in [-0.05, 0) is 56.1 Å². The normalized spacial score (nSPS) is 34.9. The molecule has 1 N–H and O–H groups in total. The highest BCUT2D eigenvalue weighted by Gasteiger charge is 2.60. The van der Waals surface area contributed by atoms with Crippen molar-refractivity contribution >= 4 is 17.7 Å². The Kier molecular flexibility index (Phi) is 3.74. The van der Waals surface area contributed by atoms with Gasteiger partial charge in [0, 0.05) is 13.2 Å². The Hall–Kier alpha value is -2.11. The number of amides is 3. The fraction of sp³-hybridized carbons (Fsp3) is 0.632. The Morgan fingerprint density at radius 2 is 2.00 bits per heavy atom. The lowest BCUT2D eigenvalue weighted by Crippen LogP contribution is -2.56. The lowest BCUT2D eigenvalue weighted by Gasteiger charge is -2.49. The summed E-state index contributed by atoms with van der Waals surface area (Å²) in [7, 11) is 1.71. The first-order chi connectivity index (χ1) is 11.9. The Labute approximate surface area is 147 Å². The van der Waals surface area contributed by atoms with E-state index in [4.69, 9.17) is 0 Å². The molecule has 4 aliphatic rings. The number of urea groups is 1. The second-order valence-electron chi connectivity index (χ2n) is 8.01. The molecule has 3 aliphatic carbocycles. The minimum absolute atomic E-state index is 0.196. The van der Waals surface area contributed by atoms with E-state index in [2.05, 4.69) is 4.98 Å². The Morgan fingerprint density at radius 3 is 2.56 bits per heavy atom. The quantitative estimate of drug-likeness (QED) is 0.675. The molecule has 1 aliphatic heterocycles. The highest BCUT2D eigenvalue weighted by molar-refractivity contribution is 6.10. The van der Waals surface area contributed by atoms with Crippen molar-refractivity contribution in [3.8, 4) is 0 Å². The van der Waals surface area contributed by atoms with Crippen molar-refractivity contribution in [1.29, 1.82) is 0 Å². The van der Waals surface area contributed by atoms with Gasteiger partial charge in [-0.25, -0.2) is 4.79 Å². The number of nitrogens with one attached hydrogen (secondary N) is 1. The molecule has 3 amide bonds. The number of rotatable bonds is 4. The van der Waals surface area contributed by atoms with Crippen LogP contribution in [0.3, 0.4) is 0 Å². The van der Waals surface area contributed by atoms with Crippen LogP contribution in [0.15, 0.2) is 18.3 Å². The summed E-state index contributed by atoms with van der Waals surface area (Å²) in [4.78, 5) is 43.9. The minimum Gasteiger partial charge on any atom is -0.359 e. The molecule has 3 saturated carbocycles. The van der Waals surface area contributed by atoms with Crippen molar-refractivity contribution in [2.24, 2.45) is 17.8 Å². The molecule has 2 heterocycles. The Bertz CT molecular complexity index is 706. The maximum absolute atomic E-state index is 13.2. The van der Waals surface area contributed by atoms with Crippen molar-refractivity contribution in [2.75, 3.05) is 13.6 Å². The van der Waals surface area contributed by atoms with Crippen LogP contribution in [0.4, 0.5) is 4.79 Å². The van der Waals surface area contributed by atoms with Gasteiger partial charge < -0.3 is 9.88 Å². The summed E-state index contributed by atoms with van der Waals surface area (Å²) >= 11 is 0. The van der Waals surface area contributed by atoms with Crippen LogP contribution >= 0.6 is 0 Å². The number of H-pyrrole nitrogens is 1. The van der Waals surface area contributed by atoms with Gasteiger partial charge in [0.05, 0.1) is 12.2 Å². The van der Waals surface area contributed by atoms with Gasteiger partial charge in [0.2, 0.25) is 0 Å². The number of fused-ring (bicyclic) bond motifs is 3. The fourth-order valence-electron chi connectivity index (χ4n) is 5.23. The molecule has 0 aromatic carbocycles. The molecule has 5 rings (SSSR count). The molecule has 6 heteroatoms. The van der Waals surface area contributed by atoms with Crippen LogP contribution in [0.5, 0.6) is 0 Å². The molecule has 134 valence electrons. The summed E-state index contributed by atoms with van der Waals surface area (Å²) in [5, 5.41) is 0. The molecule has 0 unspecified atom stereocenters. The Balaban J connectivity index is 1.59. The van der Waals surface area contributed by atoms with E-state index < -0.39 is 5.54 Å². The van der Waals surface area contributed by atoms with E-state index in [1.54, 1.807) is 30.3 Å². The number of aromatic amines is 1. The van der Waals surface area contributed by atoms with E-state index in [-0.39, 0.29) is 30.2 Å². The summed E-state index contributed by atoms with van der Waals surface area (Å²) in [6.45, 7) is 1.71. The zero-order chi connectivity index (χ0) is 17.8. The zero-order valence-electron chi connectivity index (χ0n) is 14.8. The van der Waals surface area contributed by atoms with Gasteiger partial charge in [-0.3, -0.25) is 14.5 Å². The third kappa shape index (κ3) is 2.34. The first kappa shape index (κ1) is 16.4. The van der Waals surface area contributed by atoms with E-state index in [0.29, 0.717) is 17.5 Å². The lowest BCUT2D eigenvalue weighted by atomic mass is 9.59. The molecule has 1 aromatic heterocycles. The number of carbonyl (C=O) groups excluding carboxylic acids is 3. The van der Waals surface area contributed by atoms with Gasteiger partial charge in [-0.1, -0.05) is 12.8 Å². The van der Waals surface area contributed by atoms with E-state index in [1.165, 1.54) is 12.8 Å². The average molecular weight is 343 g/mol. The molecule has 4 fully saturated rings. The van der Waals surface area contributed by atoms with Crippen LogP contribution in [0.25, 0.3) is 0 Å². The van der Waals surface area contributed by atoms with Crippen LogP contribution in [0.1, 0.15) is 49.5 Å². The SMILES string of the molecule is CN1C(=O)N(CC(=O)c2ccc[nH]2)C(=O)[C@@]1(C)[C@H]1CC2CCC1CC2. The second-order valence-corrected chi connectivity index (χ2v) is 8.01. The molecule has 1 saturated heterocycles. The van der Waals surface area contributed by atoms with Crippen molar-refractivity contribution in [3.63, 3.8) is 0 Å². The third-order valence-electron chi connectivity index (χ3n) is 6.86. The van der Waals surface area contributed by atoms with Crippen LogP contribution < -0.4 is 0 Å². The number of nitrogens with zero attached hydrogens (tertiary/aromatic N) is 2. The molecule has 0 radical (unpaired) electrons. The van der Waals surface area contributed by atoms with E-state index in [1.807, 2.05) is 6.92 Å². The summed E-state index contributed by atoms with van der Waals surface area (Å²) in [5.41, 5.74) is -0.398. The van der Waals surface area contributed by atoms with Crippen molar-refractivity contribution in [3.05, 3.63) is 24.0 Å². The number of imide groups is 1. The third-order valence-corrected chi connectivity index (χ3v) is 6.86. The van der Waals surface area contributed by atoms with Crippen LogP contribution in [0.2, 0.25) is 0 Å². The summed E-state index contributed by atoms with van der Waals surface area (Å²) in [6.07, 6.45) is 7.48. The van der Waals surface area contributed by atoms with Crippen LogP contribution in [0, 0.1) is 17.8 Å². The first-order valence-electron chi connectivity index (χ1n) is 9.19. The molecule has 2 bridgehead atoms. The first-order valence-corrected chi connectivity index (χ1v) is 9.19. The van der Waals surface area contributed by atoms with Crippen molar-refractivity contribution < 1.29 is 14.4 Å². The lowest BCUT2D eigenvalue weighted by molar-refractivity contribution is -0.138. The molecular formula is C19H25N3O3. The number of carbonyl (C=O) groups is 3. The topological polar surface area (TPSA) is 73.5 Å². The number of ketones is 1. The fourth-order valence-corrected chi connectivity index (χ4v) is 5.23. The van der Waals surface area contributed by atoms with Crippen molar-refractivity contribution in [1.82, 2.24) is 14.8 Å². The van der Waals surface area contributed by atoms with E-state index in [0.717, 1.165) is 24.2 Å². The summed E-state index contributed by atoms with van der Waals surface area (Å²) in [6, 6.07) is 3.04. The van der Waals surface area contributed by atoms with Gasteiger partial charge in [0.25, 0.3) is 5.91 Å². The van der Waals surface area contributed by atoms with Gasteiger partial charge in [0.1, 0.15) is 5.54 Å². The van der Waals surface area contributed by atoms with Crippen molar-refractivity contribution in [2.45, 2.75) is 44.6 Å². The van der Waals surface area contributed by atoms with Gasteiger partial charge in [0.15, 0.2) is 5.78 Å². The predicted octanol–water partition coefficient (Wildman–Crippen LogP) is 2.68. The standard InChI is InChI=1S/C19H25N3O3/c1-19(14-10-12-5-7-13(14)8-6-12)17(24)22(18(25)21(19)2)11-16(23)15-4-3-9-20-15/h3-4,9,12-14,20H,5-8,10-11H2,1-2H3/t12?,13?,14-,19+/m0/s1. The monoisotopic (exact) mass is 343 g/mol. The second kappa shape index (κ2) is 5.71. The Morgan fingerprint density at radius 1 is 1.28 bits per heavy atom. The highest BCUT2D eigenvalue weighted by Crippen LogP contribution is 2.52. The molecular weight excluding hydrogens is 318 g/mol. The molecule has 0 spiro atoms. The predicted molar refractivity (Wildman–Crippen MR) is 92.0 cm³/mol. The maximum atomic E-state index is 13.2. The number of aromatic nitrogens is 1. The van der Waals surface area contributed by atoms with Gasteiger partial charge in [-0.2, -0.15) is 0 Å². The zero-order valence-corrected chi connectivity index (χ0v) is 14.8. The number of hydrogen-bond acceptors (Lipinski definition) is 3. The van der Waals surface area contributed by atoms with E-state index in [9.17, 15) is 14.4 Å². The molecule has 2 atom stereocenters. The molecule has 6 nitrogen and oxygen atoms in total. The number of likely N-dealkylation sites (N-methyl/N-ethyl adjacent to an activating group) is 1. The average Bonchev–Trinajstić information content (AvgIpc) is 3.23.